The fourth-order valence-electron chi connectivity index (χ4n) is 1.74. The van der Waals surface area contributed by atoms with Crippen LogP contribution >= 0.6 is 0 Å². The summed E-state index contributed by atoms with van der Waals surface area (Å²) in [5, 5.41) is 2.95. The maximum atomic E-state index is 11.9. The summed E-state index contributed by atoms with van der Waals surface area (Å²) in [5.41, 5.74) is 5.88. The third-order valence-electron chi connectivity index (χ3n) is 3.35. The lowest BCUT2D eigenvalue weighted by Crippen LogP contribution is -2.47. The van der Waals surface area contributed by atoms with Crippen LogP contribution in [0.5, 0.6) is 0 Å². The van der Waals surface area contributed by atoms with Crippen LogP contribution in [-0.4, -0.2) is 18.0 Å². The van der Waals surface area contributed by atoms with E-state index < -0.39 is 6.04 Å². The molecule has 0 spiro atoms. The van der Waals surface area contributed by atoms with E-state index in [0.717, 1.165) is 25.0 Å². The lowest BCUT2D eigenvalue weighted by atomic mass is 9.99. The van der Waals surface area contributed by atoms with E-state index in [4.69, 9.17) is 10.2 Å². The van der Waals surface area contributed by atoms with E-state index in [2.05, 4.69) is 5.32 Å². The minimum Gasteiger partial charge on any atom is -0.469 e. The van der Waals surface area contributed by atoms with Gasteiger partial charge < -0.3 is 15.5 Å². The van der Waals surface area contributed by atoms with Crippen molar-refractivity contribution >= 4 is 5.91 Å². The first kappa shape index (κ1) is 14.8. The van der Waals surface area contributed by atoms with Gasteiger partial charge in [-0.2, -0.15) is 0 Å². The predicted molar refractivity (Wildman–Crippen MR) is 72.1 cm³/mol. The Bertz CT molecular complexity index is 349. The molecule has 1 aromatic heterocycles. The molecule has 3 atom stereocenters. The molecular formula is C14H24N2O2. The van der Waals surface area contributed by atoms with E-state index in [1.807, 2.05) is 32.9 Å². The van der Waals surface area contributed by atoms with Crippen LogP contribution in [0, 0.1) is 5.92 Å². The molecule has 4 heteroatoms. The number of hydrogen-bond donors (Lipinski definition) is 2. The average molecular weight is 252 g/mol. The minimum absolute atomic E-state index is 0.0590. The van der Waals surface area contributed by atoms with Crippen molar-refractivity contribution in [1.82, 2.24) is 5.32 Å². The molecule has 0 saturated carbocycles. The number of nitrogens with one attached hydrogen (secondary N) is 1. The highest BCUT2D eigenvalue weighted by molar-refractivity contribution is 5.82. The zero-order chi connectivity index (χ0) is 13.5. The zero-order valence-corrected chi connectivity index (χ0v) is 11.5. The summed E-state index contributed by atoms with van der Waals surface area (Å²) >= 11 is 0. The summed E-state index contributed by atoms with van der Waals surface area (Å²) in [5.74, 6) is 1.10. The molecule has 0 fully saturated rings. The fourth-order valence-corrected chi connectivity index (χ4v) is 1.74. The monoisotopic (exact) mass is 252 g/mol. The largest absolute Gasteiger partial charge is 0.469 e. The van der Waals surface area contributed by atoms with Gasteiger partial charge in [-0.05, 0) is 31.4 Å². The first-order valence-electron chi connectivity index (χ1n) is 6.63. The number of carbonyl (C=O) groups excluding carboxylic acids is 1. The van der Waals surface area contributed by atoms with E-state index in [1.165, 1.54) is 0 Å². The molecule has 1 aromatic rings. The van der Waals surface area contributed by atoms with Gasteiger partial charge in [0.15, 0.2) is 0 Å². The molecule has 4 nitrogen and oxygen atoms in total. The average Bonchev–Trinajstić information content (AvgIpc) is 2.87. The Kier molecular flexibility index (Phi) is 5.92. The Hall–Kier alpha value is -1.29. The highest BCUT2D eigenvalue weighted by Crippen LogP contribution is 2.08. The highest BCUT2D eigenvalue weighted by atomic mass is 16.3. The van der Waals surface area contributed by atoms with Crippen LogP contribution in [0.1, 0.15) is 39.4 Å². The number of furan rings is 1. The second-order valence-corrected chi connectivity index (χ2v) is 4.94. The number of rotatable bonds is 7. The summed E-state index contributed by atoms with van der Waals surface area (Å²) in [4.78, 5) is 11.9. The first-order valence-corrected chi connectivity index (χ1v) is 6.63. The van der Waals surface area contributed by atoms with E-state index >= 15 is 0 Å². The zero-order valence-electron chi connectivity index (χ0n) is 11.5. The number of nitrogens with two attached hydrogens (primary N) is 1. The van der Waals surface area contributed by atoms with Crippen molar-refractivity contribution in [2.24, 2.45) is 11.7 Å². The molecule has 102 valence electrons. The highest BCUT2D eigenvalue weighted by Gasteiger charge is 2.20. The van der Waals surface area contributed by atoms with Gasteiger partial charge in [-0.3, -0.25) is 4.79 Å². The number of aryl methyl sites for hydroxylation is 1. The van der Waals surface area contributed by atoms with Crippen LogP contribution in [-0.2, 0) is 11.2 Å². The maximum Gasteiger partial charge on any atom is 0.237 e. The second-order valence-electron chi connectivity index (χ2n) is 4.94. The third kappa shape index (κ3) is 4.53. The molecule has 0 aliphatic rings. The molecule has 18 heavy (non-hydrogen) atoms. The third-order valence-corrected chi connectivity index (χ3v) is 3.35. The first-order chi connectivity index (χ1) is 8.54. The molecule has 0 saturated heterocycles. The lowest BCUT2D eigenvalue weighted by Gasteiger charge is -2.20. The number of amides is 1. The smallest absolute Gasteiger partial charge is 0.237 e. The summed E-state index contributed by atoms with van der Waals surface area (Å²) in [7, 11) is 0. The van der Waals surface area contributed by atoms with Crippen molar-refractivity contribution in [2.45, 2.75) is 52.1 Å². The van der Waals surface area contributed by atoms with Gasteiger partial charge in [0, 0.05) is 12.5 Å². The van der Waals surface area contributed by atoms with E-state index in [0.29, 0.717) is 0 Å². The summed E-state index contributed by atoms with van der Waals surface area (Å²) in [6.07, 6.45) is 4.26. The van der Waals surface area contributed by atoms with Crippen molar-refractivity contribution < 1.29 is 9.21 Å². The van der Waals surface area contributed by atoms with E-state index in [-0.39, 0.29) is 17.9 Å². The van der Waals surface area contributed by atoms with E-state index in [1.54, 1.807) is 6.26 Å². The lowest BCUT2D eigenvalue weighted by molar-refractivity contribution is -0.124. The molecule has 0 radical (unpaired) electrons. The van der Waals surface area contributed by atoms with Crippen LogP contribution in [0.2, 0.25) is 0 Å². The molecule has 1 heterocycles. The van der Waals surface area contributed by atoms with Crippen molar-refractivity contribution in [3.8, 4) is 0 Å². The second kappa shape index (κ2) is 7.21. The van der Waals surface area contributed by atoms with Crippen molar-refractivity contribution in [1.29, 1.82) is 0 Å². The van der Waals surface area contributed by atoms with E-state index in [9.17, 15) is 4.79 Å². The van der Waals surface area contributed by atoms with Crippen LogP contribution in [0.3, 0.4) is 0 Å². The Morgan fingerprint density at radius 3 is 2.78 bits per heavy atom. The van der Waals surface area contributed by atoms with Crippen LogP contribution in [0.15, 0.2) is 22.8 Å². The molecule has 0 aliphatic heterocycles. The van der Waals surface area contributed by atoms with Gasteiger partial charge in [0.1, 0.15) is 5.76 Å². The standard InChI is InChI=1S/C14H24N2O2/c1-4-10(2)13(15)14(17)16-11(3)7-8-12-6-5-9-18-12/h5-6,9-11,13H,4,7-8,15H2,1-3H3,(H,16,17). The fraction of sp³-hybridized carbons (Fsp3) is 0.643. The predicted octanol–water partition coefficient (Wildman–Crippen LogP) is 2.09. The van der Waals surface area contributed by atoms with Crippen LogP contribution in [0.25, 0.3) is 0 Å². The molecule has 0 aliphatic carbocycles. The minimum atomic E-state index is -0.416. The quantitative estimate of drug-likeness (QED) is 0.780. The Morgan fingerprint density at radius 2 is 2.22 bits per heavy atom. The molecule has 1 rings (SSSR count). The van der Waals surface area contributed by atoms with Crippen molar-refractivity contribution in [2.75, 3.05) is 0 Å². The molecular weight excluding hydrogens is 228 g/mol. The molecule has 3 unspecified atom stereocenters. The summed E-state index contributed by atoms with van der Waals surface area (Å²) in [6.45, 7) is 6.03. The van der Waals surface area contributed by atoms with Gasteiger partial charge in [0.2, 0.25) is 5.91 Å². The van der Waals surface area contributed by atoms with Crippen LogP contribution in [0.4, 0.5) is 0 Å². The molecule has 3 N–H and O–H groups in total. The van der Waals surface area contributed by atoms with Gasteiger partial charge >= 0.3 is 0 Å². The van der Waals surface area contributed by atoms with Crippen molar-refractivity contribution in [3.63, 3.8) is 0 Å². The topological polar surface area (TPSA) is 68.3 Å². The van der Waals surface area contributed by atoms with Gasteiger partial charge in [-0.15, -0.1) is 0 Å². The summed E-state index contributed by atoms with van der Waals surface area (Å²) in [6, 6.07) is 3.51. The number of carbonyl (C=O) groups is 1. The van der Waals surface area contributed by atoms with Gasteiger partial charge in [-0.25, -0.2) is 0 Å². The Labute approximate surface area is 109 Å². The molecule has 0 aromatic carbocycles. The number of hydrogen-bond acceptors (Lipinski definition) is 3. The molecule has 1 amide bonds. The van der Waals surface area contributed by atoms with Gasteiger partial charge in [0.25, 0.3) is 0 Å². The molecule has 0 bridgehead atoms. The summed E-state index contributed by atoms with van der Waals surface area (Å²) < 4.78 is 5.25. The normalized spacial score (nSPS) is 16.0. The van der Waals surface area contributed by atoms with Crippen molar-refractivity contribution in [3.05, 3.63) is 24.2 Å². The van der Waals surface area contributed by atoms with Gasteiger partial charge in [-0.1, -0.05) is 20.3 Å². The Balaban J connectivity index is 2.31. The Morgan fingerprint density at radius 1 is 1.50 bits per heavy atom. The van der Waals surface area contributed by atoms with Gasteiger partial charge in [0.05, 0.1) is 12.3 Å². The van der Waals surface area contributed by atoms with Crippen LogP contribution < -0.4 is 11.1 Å². The maximum absolute atomic E-state index is 11.9. The SMILES string of the molecule is CCC(C)C(N)C(=O)NC(C)CCc1ccco1.